The molecule has 2 N–H and O–H groups in total. The van der Waals surface area contributed by atoms with Crippen LogP contribution in [0.5, 0.6) is 0 Å². The predicted octanol–water partition coefficient (Wildman–Crippen LogP) is 0.580. The number of hydrogen-bond acceptors (Lipinski definition) is 2. The quantitative estimate of drug-likeness (QED) is 0.798. The SMILES string of the molecule is CNC(=O)CNC(=O)C1(c2ccccc2)CC1. The summed E-state index contributed by atoms with van der Waals surface area (Å²) in [6.45, 7) is 0.0456. The van der Waals surface area contributed by atoms with Crippen molar-refractivity contribution in [3.8, 4) is 0 Å². The van der Waals surface area contributed by atoms with Crippen LogP contribution in [0.4, 0.5) is 0 Å². The molecule has 0 heterocycles. The minimum Gasteiger partial charge on any atom is -0.358 e. The lowest BCUT2D eigenvalue weighted by Crippen LogP contribution is -2.40. The van der Waals surface area contributed by atoms with Gasteiger partial charge in [0.05, 0.1) is 12.0 Å². The molecule has 0 unspecified atom stereocenters. The first-order valence-electron chi connectivity index (χ1n) is 5.73. The van der Waals surface area contributed by atoms with E-state index >= 15 is 0 Å². The molecule has 0 aromatic heterocycles. The molecule has 1 aromatic carbocycles. The molecule has 1 saturated carbocycles. The summed E-state index contributed by atoms with van der Waals surface area (Å²) in [6.07, 6.45) is 1.72. The third-order valence-electron chi connectivity index (χ3n) is 3.20. The van der Waals surface area contributed by atoms with Crippen LogP contribution in [0, 0.1) is 0 Å². The predicted molar refractivity (Wildman–Crippen MR) is 64.4 cm³/mol. The molecule has 0 atom stereocenters. The van der Waals surface area contributed by atoms with Gasteiger partial charge in [0.1, 0.15) is 0 Å². The molecule has 4 heteroatoms. The third-order valence-corrected chi connectivity index (χ3v) is 3.20. The molecule has 1 aliphatic carbocycles. The Morgan fingerprint density at radius 2 is 1.88 bits per heavy atom. The fraction of sp³-hybridized carbons (Fsp3) is 0.385. The Labute approximate surface area is 100 Å². The normalized spacial score (nSPS) is 16.1. The highest BCUT2D eigenvalue weighted by molar-refractivity contribution is 5.93. The molecule has 17 heavy (non-hydrogen) atoms. The van der Waals surface area contributed by atoms with Crippen LogP contribution in [0.2, 0.25) is 0 Å². The Hall–Kier alpha value is -1.84. The first-order chi connectivity index (χ1) is 8.19. The van der Waals surface area contributed by atoms with E-state index in [0.717, 1.165) is 18.4 Å². The summed E-state index contributed by atoms with van der Waals surface area (Å²) in [5, 5.41) is 5.16. The maximum Gasteiger partial charge on any atom is 0.239 e. The van der Waals surface area contributed by atoms with Gasteiger partial charge in [0, 0.05) is 7.05 Å². The fourth-order valence-corrected chi connectivity index (χ4v) is 1.95. The van der Waals surface area contributed by atoms with E-state index in [1.807, 2.05) is 30.3 Å². The summed E-state index contributed by atoms with van der Waals surface area (Å²) in [5.41, 5.74) is 0.643. The van der Waals surface area contributed by atoms with E-state index in [9.17, 15) is 9.59 Å². The zero-order valence-corrected chi connectivity index (χ0v) is 9.82. The van der Waals surface area contributed by atoms with Gasteiger partial charge in [0.2, 0.25) is 11.8 Å². The molecule has 4 nitrogen and oxygen atoms in total. The average Bonchev–Trinajstić information content (AvgIpc) is 3.18. The van der Waals surface area contributed by atoms with Crippen LogP contribution in [-0.4, -0.2) is 25.4 Å². The molecule has 1 aliphatic rings. The minimum absolute atomic E-state index is 0.0456. The largest absolute Gasteiger partial charge is 0.358 e. The second-order valence-corrected chi connectivity index (χ2v) is 4.30. The molecule has 0 bridgehead atoms. The van der Waals surface area contributed by atoms with Crippen molar-refractivity contribution in [1.29, 1.82) is 0 Å². The van der Waals surface area contributed by atoms with Gasteiger partial charge < -0.3 is 10.6 Å². The van der Waals surface area contributed by atoms with Gasteiger partial charge in [-0.2, -0.15) is 0 Å². The molecule has 2 amide bonds. The fourth-order valence-electron chi connectivity index (χ4n) is 1.95. The van der Waals surface area contributed by atoms with Gasteiger partial charge in [-0.15, -0.1) is 0 Å². The lowest BCUT2D eigenvalue weighted by molar-refractivity contribution is -0.127. The first kappa shape index (κ1) is 11.6. The van der Waals surface area contributed by atoms with Crippen molar-refractivity contribution >= 4 is 11.8 Å². The molecule has 0 spiro atoms. The van der Waals surface area contributed by atoms with E-state index in [2.05, 4.69) is 10.6 Å². The van der Waals surface area contributed by atoms with Crippen molar-refractivity contribution in [3.05, 3.63) is 35.9 Å². The van der Waals surface area contributed by atoms with Gasteiger partial charge in [0.25, 0.3) is 0 Å². The molecule has 1 fully saturated rings. The van der Waals surface area contributed by atoms with E-state index in [-0.39, 0.29) is 18.4 Å². The van der Waals surface area contributed by atoms with E-state index in [1.165, 1.54) is 0 Å². The summed E-state index contributed by atoms with van der Waals surface area (Å²) >= 11 is 0. The monoisotopic (exact) mass is 232 g/mol. The molecule has 1 aromatic rings. The van der Waals surface area contributed by atoms with Gasteiger partial charge in [-0.25, -0.2) is 0 Å². The number of nitrogens with one attached hydrogen (secondary N) is 2. The van der Waals surface area contributed by atoms with Gasteiger partial charge in [-0.3, -0.25) is 9.59 Å². The highest BCUT2D eigenvalue weighted by atomic mass is 16.2. The number of benzene rings is 1. The second-order valence-electron chi connectivity index (χ2n) is 4.30. The third kappa shape index (κ3) is 2.30. The Morgan fingerprint density at radius 1 is 1.24 bits per heavy atom. The molecular weight excluding hydrogens is 216 g/mol. The summed E-state index contributed by atoms with van der Waals surface area (Å²) in [7, 11) is 1.55. The van der Waals surface area contributed by atoms with E-state index in [4.69, 9.17) is 0 Å². The molecule has 0 aliphatic heterocycles. The topological polar surface area (TPSA) is 58.2 Å². The van der Waals surface area contributed by atoms with Crippen LogP contribution < -0.4 is 10.6 Å². The molecule has 2 rings (SSSR count). The van der Waals surface area contributed by atoms with Crippen molar-refractivity contribution in [2.75, 3.05) is 13.6 Å². The van der Waals surface area contributed by atoms with Gasteiger partial charge in [-0.1, -0.05) is 30.3 Å². The highest BCUT2D eigenvalue weighted by Gasteiger charge is 2.50. The van der Waals surface area contributed by atoms with E-state index in [1.54, 1.807) is 7.05 Å². The second kappa shape index (κ2) is 4.57. The van der Waals surface area contributed by atoms with Crippen LogP contribution >= 0.6 is 0 Å². The van der Waals surface area contributed by atoms with Gasteiger partial charge in [-0.05, 0) is 18.4 Å². The van der Waals surface area contributed by atoms with Crippen LogP contribution in [0.1, 0.15) is 18.4 Å². The Bertz CT molecular complexity index is 424. The molecule has 0 saturated heterocycles. The summed E-state index contributed by atoms with van der Waals surface area (Å²) in [6, 6.07) is 9.73. The summed E-state index contributed by atoms with van der Waals surface area (Å²) in [4.78, 5) is 23.1. The number of hydrogen-bond donors (Lipinski definition) is 2. The summed E-state index contributed by atoms with van der Waals surface area (Å²) < 4.78 is 0. The summed E-state index contributed by atoms with van der Waals surface area (Å²) in [5.74, 6) is -0.227. The molecular formula is C13H16N2O2. The first-order valence-corrected chi connectivity index (χ1v) is 5.73. The Morgan fingerprint density at radius 3 is 2.41 bits per heavy atom. The zero-order chi connectivity index (χ0) is 12.3. The van der Waals surface area contributed by atoms with E-state index in [0.29, 0.717) is 0 Å². The smallest absolute Gasteiger partial charge is 0.239 e. The number of likely N-dealkylation sites (N-methyl/N-ethyl adjacent to an activating group) is 1. The minimum atomic E-state index is -0.394. The Balaban J connectivity index is 2.02. The van der Waals surface area contributed by atoms with Crippen LogP contribution in [0.3, 0.4) is 0 Å². The zero-order valence-electron chi connectivity index (χ0n) is 9.82. The molecule has 0 radical (unpaired) electrons. The van der Waals surface area contributed by atoms with Gasteiger partial charge in [0.15, 0.2) is 0 Å². The van der Waals surface area contributed by atoms with Crippen molar-refractivity contribution in [2.45, 2.75) is 18.3 Å². The van der Waals surface area contributed by atoms with Crippen LogP contribution in [-0.2, 0) is 15.0 Å². The lowest BCUT2D eigenvalue weighted by atomic mass is 9.95. The van der Waals surface area contributed by atoms with Crippen molar-refractivity contribution < 1.29 is 9.59 Å². The van der Waals surface area contributed by atoms with Crippen LogP contribution in [0.15, 0.2) is 30.3 Å². The highest BCUT2D eigenvalue weighted by Crippen LogP contribution is 2.48. The van der Waals surface area contributed by atoms with E-state index < -0.39 is 5.41 Å². The Kier molecular flexibility index (Phi) is 3.13. The van der Waals surface area contributed by atoms with Crippen molar-refractivity contribution in [2.24, 2.45) is 0 Å². The maximum atomic E-state index is 12.1. The number of rotatable bonds is 4. The average molecular weight is 232 g/mol. The number of amides is 2. The van der Waals surface area contributed by atoms with Gasteiger partial charge >= 0.3 is 0 Å². The van der Waals surface area contributed by atoms with Crippen LogP contribution in [0.25, 0.3) is 0 Å². The maximum absolute atomic E-state index is 12.1. The standard InChI is InChI=1S/C13H16N2O2/c1-14-11(16)9-15-12(17)13(7-8-13)10-5-3-2-4-6-10/h2-6H,7-9H2,1H3,(H,14,16)(H,15,17). The van der Waals surface area contributed by atoms with Crippen molar-refractivity contribution in [3.63, 3.8) is 0 Å². The molecule has 90 valence electrons. The lowest BCUT2D eigenvalue weighted by Gasteiger charge is -2.15. The number of carbonyl (C=O) groups excluding carboxylic acids is 2. The van der Waals surface area contributed by atoms with Crippen molar-refractivity contribution in [1.82, 2.24) is 10.6 Å². The number of carbonyl (C=O) groups is 2.